The second kappa shape index (κ2) is 7.58. The van der Waals surface area contributed by atoms with E-state index < -0.39 is 0 Å². The minimum Gasteiger partial charge on any atom is -0.393 e. The maximum absolute atomic E-state index is 9.99. The van der Waals surface area contributed by atoms with E-state index in [0.717, 1.165) is 19.3 Å². The van der Waals surface area contributed by atoms with Gasteiger partial charge in [-0.05, 0) is 53.4 Å². The zero-order chi connectivity index (χ0) is 15.2. The van der Waals surface area contributed by atoms with Gasteiger partial charge in [0.25, 0.3) is 0 Å². The predicted molar refractivity (Wildman–Crippen MR) is 84.5 cm³/mol. The van der Waals surface area contributed by atoms with Crippen molar-refractivity contribution in [2.45, 2.75) is 90.3 Å². The molecule has 0 aromatic carbocycles. The smallest absolute Gasteiger partial charge is 0.0867 e. The number of piperidine rings is 1. The number of unbranched alkanes of at least 4 members (excludes halogenated alkanes) is 3. The highest BCUT2D eigenvalue weighted by Gasteiger charge is 2.45. The molecule has 0 bridgehead atoms. The Labute approximate surface area is 125 Å². The summed E-state index contributed by atoms with van der Waals surface area (Å²) in [6, 6.07) is 0. The fourth-order valence-corrected chi connectivity index (χ4v) is 3.38. The van der Waals surface area contributed by atoms with Crippen LogP contribution in [0.25, 0.3) is 0 Å². The Bertz CT molecular complexity index is 292. The van der Waals surface area contributed by atoms with Crippen molar-refractivity contribution < 1.29 is 9.94 Å². The number of nitrogens with zero attached hydrogens (tertiary/aromatic N) is 1. The predicted octanol–water partition coefficient (Wildman–Crippen LogP) is 4.07. The minimum atomic E-state index is -0.232. The molecule has 0 unspecified atom stereocenters. The number of hydrogen-bond donors (Lipinski definition) is 1. The van der Waals surface area contributed by atoms with Gasteiger partial charge in [0.05, 0.1) is 12.7 Å². The molecule has 0 saturated carbocycles. The molecule has 0 amide bonds. The summed E-state index contributed by atoms with van der Waals surface area (Å²) in [5.74, 6) is 0. The van der Waals surface area contributed by atoms with Crippen LogP contribution in [-0.4, -0.2) is 34.0 Å². The molecular weight excluding hydrogens is 250 g/mol. The lowest BCUT2D eigenvalue weighted by atomic mass is 9.80. The van der Waals surface area contributed by atoms with Crippen molar-refractivity contribution in [2.75, 3.05) is 6.61 Å². The Balaban J connectivity index is 2.44. The Hall–Kier alpha value is -0.380. The van der Waals surface area contributed by atoms with E-state index >= 15 is 0 Å². The fraction of sp³-hybridized carbons (Fsp3) is 0.882. The number of aliphatic hydroxyl groups is 1. The molecule has 118 valence electrons. The summed E-state index contributed by atoms with van der Waals surface area (Å²) in [5.41, 5.74) is -0.256. The molecule has 0 spiro atoms. The summed E-state index contributed by atoms with van der Waals surface area (Å²) in [6.07, 6.45) is 10.6. The van der Waals surface area contributed by atoms with E-state index in [-0.39, 0.29) is 17.2 Å². The lowest BCUT2D eigenvalue weighted by Gasteiger charge is -2.52. The topological polar surface area (TPSA) is 32.7 Å². The van der Waals surface area contributed by atoms with Crippen LogP contribution in [0.3, 0.4) is 0 Å². The molecule has 20 heavy (non-hydrogen) atoms. The van der Waals surface area contributed by atoms with Crippen LogP contribution >= 0.6 is 0 Å². The number of rotatable bonds is 7. The molecule has 1 saturated heterocycles. The maximum atomic E-state index is 9.99. The van der Waals surface area contributed by atoms with E-state index in [1.165, 1.54) is 19.3 Å². The molecule has 1 rings (SSSR count). The fourth-order valence-electron chi connectivity index (χ4n) is 3.38. The molecule has 0 atom stereocenters. The van der Waals surface area contributed by atoms with E-state index in [1.807, 2.05) is 0 Å². The van der Waals surface area contributed by atoms with Gasteiger partial charge in [0.15, 0.2) is 0 Å². The molecule has 1 aliphatic heterocycles. The zero-order valence-corrected chi connectivity index (χ0v) is 14.0. The van der Waals surface area contributed by atoms with Crippen LogP contribution in [0.2, 0.25) is 0 Å². The monoisotopic (exact) mass is 283 g/mol. The van der Waals surface area contributed by atoms with E-state index in [0.29, 0.717) is 6.61 Å². The number of allylic oxidation sites excluding steroid dienone is 1. The molecule has 1 N–H and O–H groups in total. The van der Waals surface area contributed by atoms with Crippen molar-refractivity contribution in [2.24, 2.45) is 0 Å². The third kappa shape index (κ3) is 5.19. The third-order valence-electron chi connectivity index (χ3n) is 4.01. The van der Waals surface area contributed by atoms with Crippen molar-refractivity contribution in [3.8, 4) is 0 Å². The Kier molecular flexibility index (Phi) is 6.70. The average molecular weight is 283 g/mol. The standard InChI is InChI=1S/C17H33NO2/c1-6-7-8-9-10-11-12-20-18-16(2,3)13-15(19)14-17(18,4)5/h10-11,15,19H,6-9,12-14H2,1-5H3. The second-order valence-corrected chi connectivity index (χ2v) is 7.24. The SMILES string of the molecule is CCCCCC=CCON1C(C)(C)CC(O)CC1(C)C. The second-order valence-electron chi connectivity index (χ2n) is 7.24. The van der Waals surface area contributed by atoms with Crippen molar-refractivity contribution in [3.05, 3.63) is 12.2 Å². The first-order valence-corrected chi connectivity index (χ1v) is 8.06. The largest absolute Gasteiger partial charge is 0.393 e. The molecule has 0 aromatic heterocycles. The van der Waals surface area contributed by atoms with Gasteiger partial charge in [-0.15, -0.1) is 0 Å². The van der Waals surface area contributed by atoms with Crippen molar-refractivity contribution >= 4 is 0 Å². The highest BCUT2D eigenvalue weighted by molar-refractivity contribution is 4.97. The molecule has 1 aliphatic rings. The van der Waals surface area contributed by atoms with Gasteiger partial charge in [0.2, 0.25) is 0 Å². The zero-order valence-electron chi connectivity index (χ0n) is 14.0. The van der Waals surface area contributed by atoms with Crippen LogP contribution in [0.1, 0.15) is 73.1 Å². The number of hydrogen-bond acceptors (Lipinski definition) is 3. The summed E-state index contributed by atoms with van der Waals surface area (Å²) in [7, 11) is 0. The molecule has 1 heterocycles. The first-order chi connectivity index (χ1) is 9.29. The van der Waals surface area contributed by atoms with E-state index in [2.05, 4.69) is 51.8 Å². The number of hydroxylamine groups is 2. The van der Waals surface area contributed by atoms with E-state index in [9.17, 15) is 5.11 Å². The summed E-state index contributed by atoms with van der Waals surface area (Å²) >= 11 is 0. The van der Waals surface area contributed by atoms with Crippen molar-refractivity contribution in [1.29, 1.82) is 0 Å². The molecule has 3 heteroatoms. The third-order valence-corrected chi connectivity index (χ3v) is 4.01. The van der Waals surface area contributed by atoms with Crippen LogP contribution < -0.4 is 0 Å². The van der Waals surface area contributed by atoms with Crippen molar-refractivity contribution in [3.63, 3.8) is 0 Å². The van der Waals surface area contributed by atoms with Gasteiger partial charge in [-0.3, -0.25) is 4.84 Å². The van der Waals surface area contributed by atoms with Gasteiger partial charge in [-0.25, -0.2) is 0 Å². The van der Waals surface area contributed by atoms with Gasteiger partial charge < -0.3 is 5.11 Å². The number of aliphatic hydroxyl groups excluding tert-OH is 1. The molecule has 0 aromatic rings. The Morgan fingerprint density at radius 2 is 1.70 bits per heavy atom. The minimum absolute atomic E-state index is 0.128. The summed E-state index contributed by atoms with van der Waals surface area (Å²) in [4.78, 5) is 6.00. The lowest BCUT2D eigenvalue weighted by molar-refractivity contribution is -0.286. The van der Waals surface area contributed by atoms with Gasteiger partial charge in [0.1, 0.15) is 0 Å². The lowest BCUT2D eigenvalue weighted by Crippen LogP contribution is -2.61. The first-order valence-electron chi connectivity index (χ1n) is 8.06. The first kappa shape index (κ1) is 17.7. The quantitative estimate of drug-likeness (QED) is 0.565. The molecule has 0 radical (unpaired) electrons. The van der Waals surface area contributed by atoms with Crippen LogP contribution in [0, 0.1) is 0 Å². The van der Waals surface area contributed by atoms with Gasteiger partial charge in [-0.1, -0.05) is 31.9 Å². The Morgan fingerprint density at radius 1 is 1.10 bits per heavy atom. The van der Waals surface area contributed by atoms with Gasteiger partial charge >= 0.3 is 0 Å². The highest BCUT2D eigenvalue weighted by Crippen LogP contribution is 2.38. The summed E-state index contributed by atoms with van der Waals surface area (Å²) < 4.78 is 0. The van der Waals surface area contributed by atoms with Gasteiger partial charge in [-0.2, -0.15) is 5.06 Å². The van der Waals surface area contributed by atoms with Crippen LogP contribution in [0.15, 0.2) is 12.2 Å². The molecule has 3 nitrogen and oxygen atoms in total. The molecule has 0 aliphatic carbocycles. The van der Waals surface area contributed by atoms with Crippen LogP contribution in [-0.2, 0) is 4.84 Å². The normalized spacial score (nSPS) is 23.5. The van der Waals surface area contributed by atoms with Crippen molar-refractivity contribution in [1.82, 2.24) is 5.06 Å². The van der Waals surface area contributed by atoms with E-state index in [1.54, 1.807) is 0 Å². The molecule has 1 fully saturated rings. The summed E-state index contributed by atoms with van der Waals surface area (Å²) in [6.45, 7) is 11.4. The van der Waals surface area contributed by atoms with Gasteiger partial charge in [0, 0.05) is 11.1 Å². The highest BCUT2D eigenvalue weighted by atomic mass is 16.7. The maximum Gasteiger partial charge on any atom is 0.0867 e. The van der Waals surface area contributed by atoms with Crippen LogP contribution in [0.4, 0.5) is 0 Å². The Morgan fingerprint density at radius 3 is 2.25 bits per heavy atom. The average Bonchev–Trinajstić information content (AvgIpc) is 2.28. The van der Waals surface area contributed by atoms with E-state index in [4.69, 9.17) is 4.84 Å². The van der Waals surface area contributed by atoms with Crippen LogP contribution in [0.5, 0.6) is 0 Å². The molecular formula is C17H33NO2. The summed E-state index contributed by atoms with van der Waals surface area (Å²) in [5, 5.41) is 12.1.